The van der Waals surface area contributed by atoms with Crippen LogP contribution in [0.15, 0.2) is 18.2 Å². The highest BCUT2D eigenvalue weighted by atomic mass is 19.1. The second-order valence-electron chi connectivity index (χ2n) is 4.62. The van der Waals surface area contributed by atoms with Gasteiger partial charge >= 0.3 is 0 Å². The molecule has 0 radical (unpaired) electrons. The summed E-state index contributed by atoms with van der Waals surface area (Å²) in [5.41, 5.74) is -0.263. The number of nitro groups is 1. The first-order valence-electron chi connectivity index (χ1n) is 6.46. The Morgan fingerprint density at radius 2 is 2.05 bits per heavy atom. The van der Waals surface area contributed by atoms with E-state index in [4.69, 9.17) is 4.74 Å². The van der Waals surface area contributed by atoms with Gasteiger partial charge in [-0.3, -0.25) is 15.0 Å². The Balaban J connectivity index is 1.83. The van der Waals surface area contributed by atoms with Crippen molar-refractivity contribution < 1.29 is 14.1 Å². The van der Waals surface area contributed by atoms with Crippen molar-refractivity contribution in [2.24, 2.45) is 0 Å². The molecule has 6 heteroatoms. The Morgan fingerprint density at radius 3 is 2.68 bits per heavy atom. The molecule has 0 aromatic heterocycles. The molecule has 0 saturated carbocycles. The maximum absolute atomic E-state index is 13.5. The van der Waals surface area contributed by atoms with Crippen LogP contribution in [0.2, 0.25) is 0 Å². The lowest BCUT2D eigenvalue weighted by atomic mass is 10.1. The van der Waals surface area contributed by atoms with Gasteiger partial charge in [-0.15, -0.1) is 0 Å². The Hall–Kier alpha value is -1.69. The molecule has 0 aliphatic carbocycles. The third-order valence-electron chi connectivity index (χ3n) is 3.24. The lowest BCUT2D eigenvalue weighted by Gasteiger charge is -2.26. The molecule has 0 atom stereocenters. The second-order valence-corrected chi connectivity index (χ2v) is 4.62. The van der Waals surface area contributed by atoms with Crippen molar-refractivity contribution in [3.8, 4) is 5.75 Å². The van der Waals surface area contributed by atoms with Gasteiger partial charge in [-0.05, 0) is 32.0 Å². The van der Waals surface area contributed by atoms with Crippen LogP contribution in [0.25, 0.3) is 0 Å². The molecule has 19 heavy (non-hydrogen) atoms. The summed E-state index contributed by atoms with van der Waals surface area (Å²) in [5, 5.41) is 10.5. The van der Waals surface area contributed by atoms with Crippen molar-refractivity contribution in [2.75, 3.05) is 26.2 Å². The molecule has 1 saturated heterocycles. The number of halogens is 1. The number of hydrogen-bond donors (Lipinski definition) is 0. The van der Waals surface area contributed by atoms with Crippen molar-refractivity contribution >= 4 is 5.69 Å². The summed E-state index contributed by atoms with van der Waals surface area (Å²) in [7, 11) is 0. The van der Waals surface area contributed by atoms with E-state index in [0.29, 0.717) is 6.61 Å². The van der Waals surface area contributed by atoms with Crippen LogP contribution in [-0.4, -0.2) is 36.1 Å². The van der Waals surface area contributed by atoms with Crippen LogP contribution in [0.1, 0.15) is 19.3 Å². The molecule has 1 aromatic rings. The van der Waals surface area contributed by atoms with Crippen LogP contribution < -0.4 is 4.74 Å². The molecule has 0 bridgehead atoms. The van der Waals surface area contributed by atoms with E-state index in [0.717, 1.165) is 25.7 Å². The molecule has 5 nitrogen and oxygen atoms in total. The number of piperidine rings is 1. The lowest BCUT2D eigenvalue weighted by molar-refractivity contribution is -0.385. The molecule has 0 unspecified atom stereocenters. The fourth-order valence-electron chi connectivity index (χ4n) is 2.19. The topological polar surface area (TPSA) is 55.6 Å². The van der Waals surface area contributed by atoms with Crippen LogP contribution in [0.4, 0.5) is 10.1 Å². The number of nitrogens with zero attached hydrogens (tertiary/aromatic N) is 2. The molecular weight excluding hydrogens is 251 g/mol. The first kappa shape index (κ1) is 13.7. The Bertz CT molecular complexity index is 448. The zero-order chi connectivity index (χ0) is 13.7. The zero-order valence-corrected chi connectivity index (χ0v) is 10.7. The largest absolute Gasteiger partial charge is 0.489 e. The minimum absolute atomic E-state index is 0.0719. The SMILES string of the molecule is O=[N+]([O-])c1ccc(OCCN2CCCCC2)c(F)c1. The number of hydrogen-bond acceptors (Lipinski definition) is 4. The average Bonchev–Trinajstić information content (AvgIpc) is 2.41. The first-order chi connectivity index (χ1) is 9.16. The predicted molar refractivity (Wildman–Crippen MR) is 68.8 cm³/mol. The van der Waals surface area contributed by atoms with Gasteiger partial charge in [0.05, 0.1) is 11.0 Å². The molecule has 1 aromatic carbocycles. The van der Waals surface area contributed by atoms with Gasteiger partial charge < -0.3 is 4.74 Å². The fraction of sp³-hybridized carbons (Fsp3) is 0.538. The molecule has 104 valence electrons. The van der Waals surface area contributed by atoms with Crippen LogP contribution in [-0.2, 0) is 0 Å². The molecule has 0 amide bonds. The first-order valence-corrected chi connectivity index (χ1v) is 6.46. The predicted octanol–water partition coefficient (Wildman–Crippen LogP) is 2.60. The van der Waals surface area contributed by atoms with E-state index in [-0.39, 0.29) is 11.4 Å². The summed E-state index contributed by atoms with van der Waals surface area (Å²) in [6, 6.07) is 3.44. The number of benzene rings is 1. The number of non-ortho nitro benzene ring substituents is 1. The summed E-state index contributed by atoms with van der Waals surface area (Å²) in [6.07, 6.45) is 3.67. The maximum atomic E-state index is 13.5. The summed E-state index contributed by atoms with van der Waals surface area (Å²) >= 11 is 0. The van der Waals surface area contributed by atoms with E-state index < -0.39 is 10.7 Å². The van der Waals surface area contributed by atoms with Crippen LogP contribution >= 0.6 is 0 Å². The quantitative estimate of drug-likeness (QED) is 0.608. The highest BCUT2D eigenvalue weighted by Gasteiger charge is 2.13. The van der Waals surface area contributed by atoms with Gasteiger partial charge in [0.1, 0.15) is 6.61 Å². The van der Waals surface area contributed by atoms with Gasteiger partial charge in [0.25, 0.3) is 5.69 Å². The van der Waals surface area contributed by atoms with Crippen LogP contribution in [0.3, 0.4) is 0 Å². The summed E-state index contributed by atoms with van der Waals surface area (Å²) in [4.78, 5) is 12.1. The lowest BCUT2D eigenvalue weighted by Crippen LogP contribution is -2.33. The summed E-state index contributed by atoms with van der Waals surface area (Å²) in [6.45, 7) is 3.28. The number of ether oxygens (including phenoxy) is 1. The Morgan fingerprint density at radius 1 is 1.32 bits per heavy atom. The monoisotopic (exact) mass is 268 g/mol. The minimum Gasteiger partial charge on any atom is -0.489 e. The van der Waals surface area contributed by atoms with Gasteiger partial charge in [-0.2, -0.15) is 0 Å². The number of likely N-dealkylation sites (tertiary alicyclic amines) is 1. The number of nitro benzene ring substituents is 1. The minimum atomic E-state index is -0.687. The third kappa shape index (κ3) is 3.89. The standard InChI is InChI=1S/C13H17FN2O3/c14-12-10-11(16(17)18)4-5-13(12)19-9-8-15-6-2-1-3-7-15/h4-5,10H,1-3,6-9H2. The van der Waals surface area contributed by atoms with E-state index >= 15 is 0 Å². The molecule has 1 aliphatic heterocycles. The van der Waals surface area contributed by atoms with Gasteiger partial charge in [0.15, 0.2) is 11.6 Å². The molecule has 0 spiro atoms. The van der Waals surface area contributed by atoms with E-state index in [1.807, 2.05) is 0 Å². The highest BCUT2D eigenvalue weighted by molar-refractivity contribution is 5.37. The Kier molecular flexibility index (Phi) is 4.68. The van der Waals surface area contributed by atoms with E-state index in [2.05, 4.69) is 4.90 Å². The molecule has 1 heterocycles. The summed E-state index contributed by atoms with van der Waals surface area (Å²) in [5.74, 6) is -0.615. The van der Waals surface area contributed by atoms with Crippen molar-refractivity contribution in [1.82, 2.24) is 4.90 Å². The smallest absolute Gasteiger partial charge is 0.272 e. The van der Waals surface area contributed by atoms with E-state index in [1.165, 1.54) is 31.4 Å². The van der Waals surface area contributed by atoms with Crippen LogP contribution in [0.5, 0.6) is 5.75 Å². The van der Waals surface area contributed by atoms with Crippen molar-refractivity contribution in [1.29, 1.82) is 0 Å². The molecular formula is C13H17FN2O3. The molecule has 2 rings (SSSR count). The number of rotatable bonds is 5. The highest BCUT2D eigenvalue weighted by Crippen LogP contribution is 2.22. The zero-order valence-electron chi connectivity index (χ0n) is 10.7. The van der Waals surface area contributed by atoms with Gasteiger partial charge in [-0.25, -0.2) is 4.39 Å². The maximum Gasteiger partial charge on any atom is 0.272 e. The van der Waals surface area contributed by atoms with Crippen molar-refractivity contribution in [3.63, 3.8) is 0 Å². The van der Waals surface area contributed by atoms with E-state index in [1.54, 1.807) is 0 Å². The average molecular weight is 268 g/mol. The van der Waals surface area contributed by atoms with Gasteiger partial charge in [-0.1, -0.05) is 6.42 Å². The molecule has 1 fully saturated rings. The van der Waals surface area contributed by atoms with Gasteiger partial charge in [0.2, 0.25) is 0 Å². The van der Waals surface area contributed by atoms with Crippen molar-refractivity contribution in [2.45, 2.75) is 19.3 Å². The normalized spacial score (nSPS) is 16.3. The molecule has 0 N–H and O–H groups in total. The fourth-order valence-corrected chi connectivity index (χ4v) is 2.19. The molecule has 1 aliphatic rings. The summed E-state index contributed by atoms with van der Waals surface area (Å²) < 4.78 is 18.9. The second kappa shape index (κ2) is 6.47. The van der Waals surface area contributed by atoms with Crippen LogP contribution in [0, 0.1) is 15.9 Å². The van der Waals surface area contributed by atoms with E-state index in [9.17, 15) is 14.5 Å². The Labute approximate surface area is 111 Å². The van der Waals surface area contributed by atoms with Gasteiger partial charge in [0, 0.05) is 12.6 Å². The van der Waals surface area contributed by atoms with Crippen molar-refractivity contribution in [3.05, 3.63) is 34.1 Å². The third-order valence-corrected chi connectivity index (χ3v) is 3.24.